The zero-order valence-electron chi connectivity index (χ0n) is 13.2. The van der Waals surface area contributed by atoms with Crippen LogP contribution in [0, 0.1) is 23.0 Å². The molecule has 0 aromatic heterocycles. The lowest BCUT2D eigenvalue weighted by Gasteiger charge is -2.37. The number of nitro benzene ring substituents is 1. The van der Waals surface area contributed by atoms with Crippen molar-refractivity contribution in [3.8, 4) is 0 Å². The van der Waals surface area contributed by atoms with Gasteiger partial charge in [0.25, 0.3) is 5.69 Å². The number of aryl methyl sites for hydroxylation is 1. The van der Waals surface area contributed by atoms with Crippen LogP contribution in [0.5, 0.6) is 0 Å². The Balaban J connectivity index is 1.86. The Morgan fingerprint density at radius 1 is 1.21 bits per heavy atom. The molecule has 0 bridgehead atoms. The van der Waals surface area contributed by atoms with Crippen LogP contribution in [0.2, 0.25) is 5.02 Å². The van der Waals surface area contributed by atoms with E-state index in [-0.39, 0.29) is 28.5 Å². The van der Waals surface area contributed by atoms with E-state index in [9.17, 15) is 10.1 Å². The SMILES string of the molecule is Cc1ccc([C@@H]2Nc3c(Cl)ccc([N+](=O)[O-])c3[C@@H]3C=CC[C@@H]32)cc1. The molecule has 0 saturated heterocycles. The Morgan fingerprint density at radius 2 is 1.96 bits per heavy atom. The number of benzene rings is 2. The summed E-state index contributed by atoms with van der Waals surface area (Å²) in [6.07, 6.45) is 5.12. The molecule has 0 amide bonds. The molecule has 0 spiro atoms. The summed E-state index contributed by atoms with van der Waals surface area (Å²) in [7, 11) is 0. The summed E-state index contributed by atoms with van der Waals surface area (Å²) in [4.78, 5) is 11.2. The highest BCUT2D eigenvalue weighted by atomic mass is 35.5. The number of nitrogens with one attached hydrogen (secondary N) is 1. The van der Waals surface area contributed by atoms with Crippen LogP contribution < -0.4 is 5.32 Å². The first-order chi connectivity index (χ1) is 11.6. The minimum absolute atomic E-state index is 0.0200. The molecular formula is C19H17ClN2O2. The Bertz CT molecular complexity index is 845. The van der Waals surface area contributed by atoms with Gasteiger partial charge in [0.1, 0.15) is 0 Å². The van der Waals surface area contributed by atoms with E-state index in [1.165, 1.54) is 17.2 Å². The monoisotopic (exact) mass is 340 g/mol. The molecule has 1 N–H and O–H groups in total. The number of allylic oxidation sites excluding steroid dienone is 2. The van der Waals surface area contributed by atoms with Crippen molar-refractivity contribution in [3.05, 3.63) is 80.4 Å². The molecule has 4 rings (SSSR count). The zero-order chi connectivity index (χ0) is 16.8. The standard InChI is InChI=1S/C19H17ClN2O2/c1-11-5-7-12(8-6-11)18-14-4-2-3-13(14)17-16(22(23)24)10-9-15(20)19(17)21-18/h2-3,5-10,13-14,18,21H,4H2,1H3/t13-,14+,18+/m1/s1. The van der Waals surface area contributed by atoms with Crippen LogP contribution in [0.25, 0.3) is 0 Å². The number of hydrogen-bond donors (Lipinski definition) is 1. The predicted molar refractivity (Wildman–Crippen MR) is 95.6 cm³/mol. The number of halogens is 1. The molecule has 0 unspecified atom stereocenters. The van der Waals surface area contributed by atoms with Gasteiger partial charge in [0.2, 0.25) is 0 Å². The molecule has 4 nitrogen and oxygen atoms in total. The van der Waals surface area contributed by atoms with Gasteiger partial charge in [-0.05, 0) is 30.9 Å². The maximum absolute atomic E-state index is 11.5. The second-order valence-electron chi connectivity index (χ2n) is 6.50. The quantitative estimate of drug-likeness (QED) is 0.453. The van der Waals surface area contributed by atoms with E-state index in [2.05, 4.69) is 48.7 Å². The first-order valence-corrected chi connectivity index (χ1v) is 8.40. The third-order valence-corrected chi connectivity index (χ3v) is 5.39. The molecule has 2 aromatic rings. The minimum atomic E-state index is -0.313. The maximum atomic E-state index is 11.5. The summed E-state index contributed by atoms with van der Waals surface area (Å²) in [5.74, 6) is 0.282. The largest absolute Gasteiger partial charge is 0.376 e. The van der Waals surface area contributed by atoms with E-state index in [0.29, 0.717) is 10.7 Å². The number of rotatable bonds is 2. The number of fused-ring (bicyclic) bond motifs is 3. The summed E-state index contributed by atoms with van der Waals surface area (Å²) in [6.45, 7) is 2.06. The highest BCUT2D eigenvalue weighted by Crippen LogP contribution is 2.54. The fourth-order valence-electron chi connectivity index (χ4n) is 3.92. The highest BCUT2D eigenvalue weighted by molar-refractivity contribution is 6.33. The molecule has 1 aliphatic heterocycles. The Labute approximate surface area is 145 Å². The van der Waals surface area contributed by atoms with Crippen molar-refractivity contribution >= 4 is 23.0 Å². The lowest BCUT2D eigenvalue weighted by molar-refractivity contribution is -0.385. The summed E-state index contributed by atoms with van der Waals surface area (Å²) in [5.41, 5.74) is 3.96. The molecule has 122 valence electrons. The smallest absolute Gasteiger partial charge is 0.275 e. The molecule has 0 saturated carbocycles. The summed E-state index contributed by atoms with van der Waals surface area (Å²) >= 11 is 6.38. The van der Waals surface area contributed by atoms with Crippen molar-refractivity contribution in [1.29, 1.82) is 0 Å². The van der Waals surface area contributed by atoms with Gasteiger partial charge in [0.05, 0.1) is 27.2 Å². The first-order valence-electron chi connectivity index (χ1n) is 8.03. The zero-order valence-corrected chi connectivity index (χ0v) is 14.0. The van der Waals surface area contributed by atoms with E-state index in [0.717, 1.165) is 12.0 Å². The van der Waals surface area contributed by atoms with Crippen molar-refractivity contribution in [1.82, 2.24) is 0 Å². The fourth-order valence-corrected chi connectivity index (χ4v) is 4.14. The molecule has 0 radical (unpaired) electrons. The van der Waals surface area contributed by atoms with Crippen LogP contribution in [0.15, 0.2) is 48.6 Å². The summed E-state index contributed by atoms with van der Waals surface area (Å²) < 4.78 is 0. The second kappa shape index (κ2) is 5.64. The molecule has 1 aliphatic carbocycles. The predicted octanol–water partition coefficient (Wildman–Crippen LogP) is 5.38. The molecule has 1 heterocycles. The van der Waals surface area contributed by atoms with E-state index in [1.807, 2.05) is 0 Å². The van der Waals surface area contributed by atoms with E-state index in [1.54, 1.807) is 6.07 Å². The van der Waals surface area contributed by atoms with E-state index >= 15 is 0 Å². The molecular weight excluding hydrogens is 324 g/mol. The molecule has 3 atom stereocenters. The van der Waals surface area contributed by atoms with Crippen molar-refractivity contribution in [2.24, 2.45) is 5.92 Å². The molecule has 0 fully saturated rings. The molecule has 24 heavy (non-hydrogen) atoms. The van der Waals surface area contributed by atoms with Gasteiger partial charge in [-0.3, -0.25) is 10.1 Å². The normalized spacial score (nSPS) is 24.2. The van der Waals surface area contributed by atoms with Gasteiger partial charge in [-0.2, -0.15) is 0 Å². The van der Waals surface area contributed by atoms with Crippen LogP contribution in [0.3, 0.4) is 0 Å². The maximum Gasteiger partial charge on any atom is 0.275 e. The third kappa shape index (κ3) is 2.29. The van der Waals surface area contributed by atoms with Crippen molar-refractivity contribution < 1.29 is 4.92 Å². The minimum Gasteiger partial charge on any atom is -0.376 e. The van der Waals surface area contributed by atoms with Gasteiger partial charge >= 0.3 is 0 Å². The highest BCUT2D eigenvalue weighted by Gasteiger charge is 2.42. The lowest BCUT2D eigenvalue weighted by atomic mass is 9.76. The van der Waals surface area contributed by atoms with E-state index in [4.69, 9.17) is 11.6 Å². The third-order valence-electron chi connectivity index (χ3n) is 5.08. The van der Waals surface area contributed by atoms with Gasteiger partial charge in [-0.25, -0.2) is 0 Å². The van der Waals surface area contributed by atoms with Gasteiger partial charge in [-0.1, -0.05) is 53.6 Å². The fraction of sp³-hybridized carbons (Fsp3) is 0.263. The number of nitro groups is 1. The van der Waals surface area contributed by atoms with Crippen LogP contribution in [-0.2, 0) is 0 Å². The average Bonchev–Trinajstić information content (AvgIpc) is 3.05. The van der Waals surface area contributed by atoms with Crippen LogP contribution in [-0.4, -0.2) is 4.92 Å². The van der Waals surface area contributed by atoms with Gasteiger partial charge in [0, 0.05) is 12.0 Å². The first kappa shape index (κ1) is 15.2. The van der Waals surface area contributed by atoms with Crippen molar-refractivity contribution in [2.45, 2.75) is 25.3 Å². The molecule has 2 aromatic carbocycles. The Morgan fingerprint density at radius 3 is 2.67 bits per heavy atom. The number of anilines is 1. The second-order valence-corrected chi connectivity index (χ2v) is 6.91. The van der Waals surface area contributed by atoms with E-state index < -0.39 is 0 Å². The lowest BCUT2D eigenvalue weighted by Crippen LogP contribution is -2.29. The van der Waals surface area contributed by atoms with Gasteiger partial charge in [0.15, 0.2) is 0 Å². The van der Waals surface area contributed by atoms with Gasteiger partial charge < -0.3 is 5.32 Å². The van der Waals surface area contributed by atoms with Gasteiger partial charge in [-0.15, -0.1) is 0 Å². The summed E-state index contributed by atoms with van der Waals surface area (Å²) in [6, 6.07) is 11.7. The van der Waals surface area contributed by atoms with Crippen LogP contribution in [0.4, 0.5) is 11.4 Å². The number of nitrogens with zero attached hydrogens (tertiary/aromatic N) is 1. The topological polar surface area (TPSA) is 55.2 Å². The Kier molecular flexibility index (Phi) is 3.57. The van der Waals surface area contributed by atoms with Crippen molar-refractivity contribution in [3.63, 3.8) is 0 Å². The number of hydrogen-bond acceptors (Lipinski definition) is 3. The average molecular weight is 341 g/mol. The Hall–Kier alpha value is -2.33. The van der Waals surface area contributed by atoms with Crippen molar-refractivity contribution in [2.75, 3.05) is 5.32 Å². The summed E-state index contributed by atoms with van der Waals surface area (Å²) in [5, 5.41) is 15.5. The molecule has 5 heteroatoms. The van der Waals surface area contributed by atoms with Crippen LogP contribution in [0.1, 0.15) is 35.1 Å². The molecule has 2 aliphatic rings. The van der Waals surface area contributed by atoms with Crippen LogP contribution >= 0.6 is 11.6 Å².